The van der Waals surface area contributed by atoms with Gasteiger partial charge in [-0.1, -0.05) is 164 Å². The Morgan fingerprint density at radius 3 is 1.80 bits per heavy atom. The van der Waals surface area contributed by atoms with E-state index >= 15 is 0 Å². The first-order chi connectivity index (χ1) is 31.7. The fraction of sp³-hybridized carbons (Fsp3) is 0. The molecule has 0 aliphatic carbocycles. The number of para-hydroxylation sites is 2. The Balaban J connectivity index is 1.10. The molecule has 0 aliphatic rings. The predicted molar refractivity (Wildman–Crippen MR) is 276 cm³/mol. The maximum absolute atomic E-state index is 6.62. The molecule has 0 fully saturated rings. The van der Waals surface area contributed by atoms with Crippen molar-refractivity contribution in [2.75, 3.05) is 4.90 Å². The maximum atomic E-state index is 6.62. The Bertz CT molecular complexity index is 3930. The molecule has 0 saturated carbocycles. The number of benzene rings is 10. The van der Waals surface area contributed by atoms with Crippen molar-refractivity contribution >= 4 is 102 Å². The normalized spacial score (nSPS) is 11.8. The fourth-order valence-electron chi connectivity index (χ4n) is 9.77. The van der Waals surface area contributed by atoms with Crippen molar-refractivity contribution in [2.45, 2.75) is 0 Å². The summed E-state index contributed by atoms with van der Waals surface area (Å²) >= 11 is 3.73. The lowest BCUT2D eigenvalue weighted by atomic mass is 9.90. The van der Waals surface area contributed by atoms with Gasteiger partial charge < -0.3 is 9.32 Å². The van der Waals surface area contributed by atoms with Crippen LogP contribution in [0, 0.1) is 0 Å². The second-order valence-electron chi connectivity index (χ2n) is 16.4. The van der Waals surface area contributed by atoms with Crippen LogP contribution in [-0.4, -0.2) is 0 Å². The lowest BCUT2D eigenvalue weighted by molar-refractivity contribution is 0.670. The van der Waals surface area contributed by atoms with E-state index in [0.717, 1.165) is 55.7 Å². The molecule has 0 saturated heterocycles. The van der Waals surface area contributed by atoms with E-state index in [1.165, 1.54) is 68.2 Å². The molecule has 0 aliphatic heterocycles. The highest BCUT2D eigenvalue weighted by atomic mass is 32.1. The summed E-state index contributed by atoms with van der Waals surface area (Å²) in [6.07, 6.45) is 0. The molecule has 3 aromatic heterocycles. The Kier molecular flexibility index (Phi) is 8.61. The van der Waals surface area contributed by atoms with Crippen LogP contribution in [0.25, 0.3) is 107 Å². The van der Waals surface area contributed by atoms with Crippen molar-refractivity contribution in [3.05, 3.63) is 224 Å². The van der Waals surface area contributed by atoms with Crippen LogP contribution in [0.1, 0.15) is 0 Å². The first-order valence-corrected chi connectivity index (χ1v) is 23.3. The van der Waals surface area contributed by atoms with Gasteiger partial charge in [-0.2, -0.15) is 0 Å². The molecule has 300 valence electrons. The fourth-order valence-corrected chi connectivity index (χ4v) is 12.1. The van der Waals surface area contributed by atoms with Crippen LogP contribution in [0.15, 0.2) is 229 Å². The smallest absolute Gasteiger partial charge is 0.143 e. The summed E-state index contributed by atoms with van der Waals surface area (Å²) in [5.41, 5.74) is 14.3. The molecule has 2 nitrogen and oxygen atoms in total. The summed E-state index contributed by atoms with van der Waals surface area (Å²) in [4.78, 5) is 2.48. The van der Waals surface area contributed by atoms with Gasteiger partial charge in [-0.15, -0.1) is 22.7 Å². The molecule has 13 rings (SSSR count). The minimum atomic E-state index is 0.895. The van der Waals surface area contributed by atoms with E-state index in [-0.39, 0.29) is 0 Å². The number of anilines is 3. The summed E-state index contributed by atoms with van der Waals surface area (Å²) in [5.74, 6) is 0. The zero-order valence-corrected chi connectivity index (χ0v) is 36.2. The van der Waals surface area contributed by atoms with Crippen LogP contribution in [0.4, 0.5) is 17.1 Å². The highest BCUT2D eigenvalue weighted by molar-refractivity contribution is 7.26. The third kappa shape index (κ3) is 5.99. The number of hydrogen-bond donors (Lipinski definition) is 0. The summed E-state index contributed by atoms with van der Waals surface area (Å²) in [5, 5.41) is 7.35. The number of fused-ring (bicyclic) bond motifs is 9. The van der Waals surface area contributed by atoms with E-state index in [2.05, 4.69) is 223 Å². The number of hydrogen-bond acceptors (Lipinski definition) is 4. The minimum absolute atomic E-state index is 0.895. The van der Waals surface area contributed by atoms with Crippen LogP contribution < -0.4 is 4.90 Å². The van der Waals surface area contributed by atoms with Crippen molar-refractivity contribution in [1.82, 2.24) is 0 Å². The molecule has 0 unspecified atom stereocenters. The summed E-state index contributed by atoms with van der Waals surface area (Å²) in [7, 11) is 0. The van der Waals surface area contributed by atoms with Crippen LogP contribution in [0.2, 0.25) is 0 Å². The van der Waals surface area contributed by atoms with E-state index < -0.39 is 0 Å². The van der Waals surface area contributed by atoms with E-state index in [4.69, 9.17) is 4.42 Å². The lowest BCUT2D eigenvalue weighted by Crippen LogP contribution is -2.12. The molecule has 0 bridgehead atoms. The molecule has 0 atom stereocenters. The van der Waals surface area contributed by atoms with Gasteiger partial charge >= 0.3 is 0 Å². The lowest BCUT2D eigenvalue weighted by Gasteiger charge is -2.30. The van der Waals surface area contributed by atoms with Gasteiger partial charge in [-0.05, 0) is 88.5 Å². The number of nitrogens with zero attached hydrogens (tertiary/aromatic N) is 1. The Labute approximate surface area is 378 Å². The maximum Gasteiger partial charge on any atom is 0.143 e. The van der Waals surface area contributed by atoms with E-state index in [0.29, 0.717) is 0 Å². The third-order valence-electron chi connectivity index (χ3n) is 12.7. The largest absolute Gasteiger partial charge is 0.455 e. The zero-order chi connectivity index (χ0) is 42.1. The topological polar surface area (TPSA) is 16.4 Å². The standard InChI is InChI=1S/C60H37NOS2/c1-2-15-38(16-3-1)39-17-10-19-41(35-39)58-48(51-28-13-27-50-46-22-5-9-32-56(46)64-60(50)51)25-14-29-53(58)61(43-33-34-57-52(37-43)47-23-6-8-31-55(47)63-57)42-20-11-18-40(36-42)44-24-12-26-49-45-21-4-7-30-54(45)62-59(44)49/h1-37H. The second-order valence-corrected chi connectivity index (χ2v) is 18.5. The zero-order valence-electron chi connectivity index (χ0n) is 34.5. The summed E-state index contributed by atoms with van der Waals surface area (Å²) in [6, 6.07) is 81.9. The van der Waals surface area contributed by atoms with E-state index in [1.807, 2.05) is 28.7 Å². The summed E-state index contributed by atoms with van der Waals surface area (Å²) in [6.45, 7) is 0. The molecular weight excluding hydrogens is 815 g/mol. The minimum Gasteiger partial charge on any atom is -0.455 e. The Morgan fingerprint density at radius 1 is 0.328 bits per heavy atom. The quantitative estimate of drug-likeness (QED) is 0.159. The number of rotatable bonds is 7. The Hall–Kier alpha value is -7.76. The molecule has 0 radical (unpaired) electrons. The van der Waals surface area contributed by atoms with Crippen LogP contribution in [0.5, 0.6) is 0 Å². The molecule has 10 aromatic carbocycles. The van der Waals surface area contributed by atoms with Gasteiger partial charge in [0.1, 0.15) is 11.2 Å². The molecule has 4 heteroatoms. The van der Waals surface area contributed by atoms with Crippen molar-refractivity contribution in [3.8, 4) is 44.5 Å². The van der Waals surface area contributed by atoms with Gasteiger partial charge in [-0.25, -0.2) is 0 Å². The first-order valence-electron chi connectivity index (χ1n) is 21.7. The second kappa shape index (κ2) is 15.0. The highest BCUT2D eigenvalue weighted by Crippen LogP contribution is 2.50. The number of furan rings is 1. The van der Waals surface area contributed by atoms with Gasteiger partial charge in [0.05, 0.1) is 5.69 Å². The van der Waals surface area contributed by atoms with Crippen molar-refractivity contribution in [3.63, 3.8) is 0 Å². The van der Waals surface area contributed by atoms with Crippen molar-refractivity contribution < 1.29 is 4.42 Å². The van der Waals surface area contributed by atoms with Crippen molar-refractivity contribution in [2.24, 2.45) is 0 Å². The van der Waals surface area contributed by atoms with Gasteiger partial charge in [-0.3, -0.25) is 0 Å². The molecule has 0 amide bonds. The number of thiophene rings is 2. The molecule has 0 N–H and O–H groups in total. The van der Waals surface area contributed by atoms with Gasteiger partial charge in [0, 0.05) is 79.2 Å². The van der Waals surface area contributed by atoms with Crippen LogP contribution in [-0.2, 0) is 0 Å². The van der Waals surface area contributed by atoms with Gasteiger partial charge in [0.2, 0.25) is 0 Å². The average molecular weight is 852 g/mol. The molecule has 13 aromatic rings. The summed E-state index contributed by atoms with van der Waals surface area (Å²) < 4.78 is 11.8. The monoisotopic (exact) mass is 851 g/mol. The van der Waals surface area contributed by atoms with Crippen LogP contribution >= 0.6 is 22.7 Å². The van der Waals surface area contributed by atoms with Crippen LogP contribution in [0.3, 0.4) is 0 Å². The predicted octanol–water partition coefficient (Wildman–Crippen LogP) is 18.5. The third-order valence-corrected chi connectivity index (χ3v) is 15.0. The Morgan fingerprint density at radius 2 is 0.922 bits per heavy atom. The molecule has 64 heavy (non-hydrogen) atoms. The first kappa shape index (κ1) is 36.9. The van der Waals surface area contributed by atoms with Gasteiger partial charge in [0.15, 0.2) is 0 Å². The van der Waals surface area contributed by atoms with E-state index in [1.54, 1.807) is 0 Å². The molecular formula is C60H37NOS2. The van der Waals surface area contributed by atoms with Gasteiger partial charge in [0.25, 0.3) is 0 Å². The molecule has 3 heterocycles. The average Bonchev–Trinajstić information content (AvgIpc) is 4.06. The van der Waals surface area contributed by atoms with E-state index in [9.17, 15) is 0 Å². The highest BCUT2D eigenvalue weighted by Gasteiger charge is 2.24. The SMILES string of the molecule is c1ccc(-c2cccc(-c3c(-c4cccc5c4sc4ccccc45)cccc3N(c3cccc(-c4cccc5c4oc4ccccc45)c3)c3ccc4sc5ccccc5c4c3)c2)cc1. The molecule has 0 spiro atoms. The van der Waals surface area contributed by atoms with Crippen molar-refractivity contribution in [1.29, 1.82) is 0 Å².